The maximum atomic E-state index is 12.2. The normalized spacial score (nSPS) is 17.3. The van der Waals surface area contributed by atoms with E-state index in [0.29, 0.717) is 41.7 Å². The first-order chi connectivity index (χ1) is 15.5. The Hall–Kier alpha value is -3.13. The van der Waals surface area contributed by atoms with Gasteiger partial charge < -0.3 is 28.8 Å². The van der Waals surface area contributed by atoms with Crippen molar-refractivity contribution in [3.8, 4) is 28.7 Å². The van der Waals surface area contributed by atoms with Gasteiger partial charge in [0, 0.05) is 0 Å². The highest BCUT2D eigenvalue weighted by Crippen LogP contribution is 2.47. The molecule has 1 heterocycles. The van der Waals surface area contributed by atoms with E-state index in [0.717, 1.165) is 24.0 Å². The fraction of sp³-hybridized carbons (Fsp3) is 0.458. The van der Waals surface area contributed by atoms with Crippen LogP contribution in [-0.4, -0.2) is 64.1 Å². The van der Waals surface area contributed by atoms with Crippen molar-refractivity contribution in [2.45, 2.75) is 31.3 Å². The molecule has 2 atom stereocenters. The van der Waals surface area contributed by atoms with E-state index in [9.17, 15) is 9.90 Å². The monoisotopic (exact) mass is 445 g/mol. The van der Waals surface area contributed by atoms with Crippen LogP contribution in [0.25, 0.3) is 0 Å². The molecular formula is C24H31NO7. The molecule has 1 fully saturated rings. The number of ether oxygens (including phenoxy) is 5. The Labute approximate surface area is 188 Å². The fourth-order valence-corrected chi connectivity index (χ4v) is 4.46. The summed E-state index contributed by atoms with van der Waals surface area (Å²) in [5.74, 6) is 1.82. The number of aliphatic carboxylic acids is 1. The van der Waals surface area contributed by atoms with Gasteiger partial charge in [0.25, 0.3) is 0 Å². The lowest BCUT2D eigenvalue weighted by atomic mass is 9.90. The van der Waals surface area contributed by atoms with E-state index >= 15 is 0 Å². The molecule has 1 saturated heterocycles. The van der Waals surface area contributed by atoms with Crippen LogP contribution in [0.3, 0.4) is 0 Å². The zero-order valence-corrected chi connectivity index (χ0v) is 19.2. The predicted molar refractivity (Wildman–Crippen MR) is 119 cm³/mol. The smallest absolute Gasteiger partial charge is 0.320 e. The van der Waals surface area contributed by atoms with Gasteiger partial charge in [0.05, 0.1) is 47.2 Å². The molecule has 0 aromatic heterocycles. The third kappa shape index (κ3) is 4.41. The zero-order chi connectivity index (χ0) is 23.3. The summed E-state index contributed by atoms with van der Waals surface area (Å²) < 4.78 is 28.0. The lowest BCUT2D eigenvalue weighted by Gasteiger charge is -2.40. The third-order valence-electron chi connectivity index (χ3n) is 5.90. The van der Waals surface area contributed by atoms with E-state index in [-0.39, 0.29) is 0 Å². The van der Waals surface area contributed by atoms with Gasteiger partial charge in [-0.3, -0.25) is 9.69 Å². The van der Waals surface area contributed by atoms with E-state index in [2.05, 4.69) is 0 Å². The molecule has 0 saturated carbocycles. The van der Waals surface area contributed by atoms with Crippen LogP contribution in [0, 0.1) is 0 Å². The molecule has 1 aliphatic rings. The molecule has 1 aliphatic heterocycles. The second-order valence-electron chi connectivity index (χ2n) is 7.53. The third-order valence-corrected chi connectivity index (χ3v) is 5.90. The molecule has 3 rings (SSSR count). The van der Waals surface area contributed by atoms with Gasteiger partial charge in [-0.1, -0.05) is 12.5 Å². The van der Waals surface area contributed by atoms with Crippen molar-refractivity contribution in [2.75, 3.05) is 42.1 Å². The molecular weight excluding hydrogens is 414 g/mol. The Balaban J connectivity index is 2.31. The van der Waals surface area contributed by atoms with Crippen molar-refractivity contribution in [3.05, 3.63) is 41.5 Å². The number of carboxylic acids is 1. The van der Waals surface area contributed by atoms with Crippen molar-refractivity contribution in [3.63, 3.8) is 0 Å². The Kier molecular flexibility index (Phi) is 7.69. The molecule has 0 aliphatic carbocycles. The van der Waals surface area contributed by atoms with Gasteiger partial charge >= 0.3 is 5.97 Å². The predicted octanol–water partition coefficient (Wildman–Crippen LogP) is 3.76. The summed E-state index contributed by atoms with van der Waals surface area (Å²) in [4.78, 5) is 14.2. The minimum absolute atomic E-state index is 0.470. The molecule has 0 radical (unpaired) electrons. The van der Waals surface area contributed by atoms with E-state index in [1.54, 1.807) is 35.5 Å². The first-order valence-corrected chi connectivity index (χ1v) is 10.5. The summed E-state index contributed by atoms with van der Waals surface area (Å²) >= 11 is 0. The number of rotatable bonds is 9. The van der Waals surface area contributed by atoms with Crippen LogP contribution in [-0.2, 0) is 4.79 Å². The summed E-state index contributed by atoms with van der Waals surface area (Å²) in [5.41, 5.74) is 1.54. The highest BCUT2D eigenvalue weighted by atomic mass is 16.5. The van der Waals surface area contributed by atoms with E-state index in [1.807, 2.05) is 35.2 Å². The topological polar surface area (TPSA) is 86.7 Å². The summed E-state index contributed by atoms with van der Waals surface area (Å²) in [7, 11) is 7.85. The Bertz CT molecular complexity index is 899. The lowest BCUT2D eigenvalue weighted by Crippen LogP contribution is -2.47. The highest BCUT2D eigenvalue weighted by Gasteiger charge is 2.38. The number of likely N-dealkylation sites (tertiary alicyclic amines) is 1. The van der Waals surface area contributed by atoms with Crippen LogP contribution in [0.2, 0.25) is 0 Å². The largest absolute Gasteiger partial charge is 0.496 e. The summed E-state index contributed by atoms with van der Waals surface area (Å²) in [6.45, 7) is 0.611. The van der Waals surface area contributed by atoms with Gasteiger partial charge in [0.2, 0.25) is 5.75 Å². The minimum atomic E-state index is -0.851. The number of nitrogens with zero attached hydrogens (tertiary/aromatic N) is 1. The van der Waals surface area contributed by atoms with Crippen LogP contribution < -0.4 is 23.7 Å². The van der Waals surface area contributed by atoms with Crippen molar-refractivity contribution in [1.29, 1.82) is 0 Å². The summed E-state index contributed by atoms with van der Waals surface area (Å²) in [6.07, 6.45) is 2.31. The van der Waals surface area contributed by atoms with Crippen molar-refractivity contribution < 1.29 is 33.6 Å². The maximum Gasteiger partial charge on any atom is 0.320 e. The van der Waals surface area contributed by atoms with Crippen LogP contribution in [0.15, 0.2) is 30.3 Å². The Morgan fingerprint density at radius 1 is 0.906 bits per heavy atom. The lowest BCUT2D eigenvalue weighted by molar-refractivity contribution is -0.145. The number of benzene rings is 2. The Morgan fingerprint density at radius 2 is 1.47 bits per heavy atom. The Morgan fingerprint density at radius 3 is 1.94 bits per heavy atom. The van der Waals surface area contributed by atoms with Crippen LogP contribution in [0.5, 0.6) is 28.7 Å². The number of hydrogen-bond donors (Lipinski definition) is 1. The van der Waals surface area contributed by atoms with Crippen LogP contribution in [0.1, 0.15) is 36.4 Å². The fourth-order valence-electron chi connectivity index (χ4n) is 4.46. The second-order valence-corrected chi connectivity index (χ2v) is 7.53. The van der Waals surface area contributed by atoms with Crippen molar-refractivity contribution in [1.82, 2.24) is 4.90 Å². The molecule has 174 valence electrons. The molecule has 0 amide bonds. The molecule has 8 nitrogen and oxygen atoms in total. The molecule has 1 N–H and O–H groups in total. The number of piperidine rings is 1. The molecule has 2 aromatic carbocycles. The van der Waals surface area contributed by atoms with Crippen molar-refractivity contribution in [2.24, 2.45) is 0 Å². The molecule has 0 spiro atoms. The van der Waals surface area contributed by atoms with Gasteiger partial charge in [-0.05, 0) is 49.2 Å². The maximum absolute atomic E-state index is 12.2. The van der Waals surface area contributed by atoms with Crippen LogP contribution in [0.4, 0.5) is 0 Å². The average Bonchev–Trinajstić information content (AvgIpc) is 2.83. The average molecular weight is 446 g/mol. The van der Waals surface area contributed by atoms with Gasteiger partial charge in [0.15, 0.2) is 11.5 Å². The number of hydrogen-bond acceptors (Lipinski definition) is 7. The van der Waals surface area contributed by atoms with E-state index in [4.69, 9.17) is 23.7 Å². The van der Waals surface area contributed by atoms with E-state index in [1.165, 1.54) is 0 Å². The first-order valence-electron chi connectivity index (χ1n) is 10.5. The summed E-state index contributed by atoms with van der Waals surface area (Å²) in [5, 5.41) is 10.0. The van der Waals surface area contributed by atoms with Gasteiger partial charge in [0.1, 0.15) is 17.5 Å². The van der Waals surface area contributed by atoms with E-state index < -0.39 is 18.1 Å². The van der Waals surface area contributed by atoms with Gasteiger partial charge in [-0.15, -0.1) is 0 Å². The molecule has 8 heteroatoms. The molecule has 0 bridgehead atoms. The number of methoxy groups -OCH3 is 5. The minimum Gasteiger partial charge on any atom is -0.496 e. The summed E-state index contributed by atoms with van der Waals surface area (Å²) in [6, 6.07) is 8.12. The zero-order valence-electron chi connectivity index (χ0n) is 19.2. The highest BCUT2D eigenvalue weighted by molar-refractivity contribution is 5.74. The molecule has 2 aromatic rings. The number of carboxylic acid groups (broad SMARTS) is 1. The standard InChI is InChI=1S/C24H31NO7/c1-28-17-10-8-11-18(29-2)21(17)22(25-12-7-6-9-16(25)24(26)27)15-13-19(30-3)23(32-5)20(14-15)31-4/h8,10-11,13-14,16,22H,6-7,9,12H2,1-5H3,(H,26,27). The van der Waals surface area contributed by atoms with Crippen LogP contribution >= 0.6 is 0 Å². The van der Waals surface area contributed by atoms with Gasteiger partial charge in [-0.2, -0.15) is 0 Å². The van der Waals surface area contributed by atoms with Crippen molar-refractivity contribution >= 4 is 5.97 Å². The second kappa shape index (κ2) is 10.5. The quantitative estimate of drug-likeness (QED) is 0.624. The number of carbonyl (C=O) groups is 1. The molecule has 2 unspecified atom stereocenters. The first kappa shape index (κ1) is 23.5. The molecule has 32 heavy (non-hydrogen) atoms. The van der Waals surface area contributed by atoms with Gasteiger partial charge in [-0.25, -0.2) is 0 Å². The SMILES string of the molecule is COc1cc(C(c2c(OC)cccc2OC)N2CCCCC2C(=O)O)cc(OC)c1OC.